The molecule has 5 heteroatoms. The van der Waals surface area contributed by atoms with E-state index in [0.29, 0.717) is 17.9 Å². The van der Waals surface area contributed by atoms with Crippen LogP contribution in [0.15, 0.2) is 48.5 Å². The lowest BCUT2D eigenvalue weighted by Gasteiger charge is -2.26. The van der Waals surface area contributed by atoms with E-state index in [1.165, 1.54) is 6.42 Å². The van der Waals surface area contributed by atoms with E-state index in [1.54, 1.807) is 7.11 Å². The summed E-state index contributed by atoms with van der Waals surface area (Å²) in [6, 6.07) is 15.0. The molecular formula is C22H26N2O3. The first-order valence-corrected chi connectivity index (χ1v) is 9.44. The smallest absolute Gasteiger partial charge is 0.253 e. The zero-order chi connectivity index (χ0) is 19.1. The number of para-hydroxylation sites is 1. The van der Waals surface area contributed by atoms with Crippen LogP contribution in [0.3, 0.4) is 0 Å². The van der Waals surface area contributed by atoms with Gasteiger partial charge in [0.05, 0.1) is 13.5 Å². The first-order valence-electron chi connectivity index (χ1n) is 9.44. The monoisotopic (exact) mass is 366 g/mol. The van der Waals surface area contributed by atoms with Crippen molar-refractivity contribution in [2.75, 3.05) is 20.2 Å². The number of benzene rings is 2. The Hall–Kier alpha value is -2.82. The van der Waals surface area contributed by atoms with E-state index in [0.717, 1.165) is 37.1 Å². The molecule has 3 rings (SSSR count). The number of piperidine rings is 1. The summed E-state index contributed by atoms with van der Waals surface area (Å²) in [7, 11) is 1.60. The van der Waals surface area contributed by atoms with Gasteiger partial charge in [-0.1, -0.05) is 30.3 Å². The van der Waals surface area contributed by atoms with Crippen molar-refractivity contribution < 1.29 is 14.3 Å². The van der Waals surface area contributed by atoms with Crippen LogP contribution < -0.4 is 10.1 Å². The highest BCUT2D eigenvalue weighted by Crippen LogP contribution is 2.18. The van der Waals surface area contributed by atoms with E-state index in [2.05, 4.69) is 5.32 Å². The lowest BCUT2D eigenvalue weighted by atomic mass is 10.1. The van der Waals surface area contributed by atoms with Gasteiger partial charge in [-0.3, -0.25) is 9.59 Å². The molecule has 0 aromatic heterocycles. The molecule has 2 aromatic carbocycles. The number of ether oxygens (including phenoxy) is 1. The molecule has 142 valence electrons. The third kappa shape index (κ3) is 5.09. The van der Waals surface area contributed by atoms with Gasteiger partial charge >= 0.3 is 0 Å². The summed E-state index contributed by atoms with van der Waals surface area (Å²) in [4.78, 5) is 26.6. The summed E-state index contributed by atoms with van der Waals surface area (Å²) < 4.78 is 5.28. The van der Waals surface area contributed by atoms with Gasteiger partial charge in [0.2, 0.25) is 5.91 Å². The van der Waals surface area contributed by atoms with Crippen LogP contribution in [0.5, 0.6) is 5.75 Å². The predicted molar refractivity (Wildman–Crippen MR) is 105 cm³/mol. The molecule has 0 aliphatic carbocycles. The first kappa shape index (κ1) is 19.0. The molecule has 1 aliphatic rings. The molecule has 0 saturated carbocycles. The van der Waals surface area contributed by atoms with Gasteiger partial charge in [0.15, 0.2) is 0 Å². The number of nitrogens with one attached hydrogen (secondary N) is 1. The van der Waals surface area contributed by atoms with Crippen LogP contribution in [0, 0.1) is 0 Å². The fourth-order valence-electron chi connectivity index (χ4n) is 3.33. The maximum Gasteiger partial charge on any atom is 0.253 e. The van der Waals surface area contributed by atoms with E-state index >= 15 is 0 Å². The molecule has 1 N–H and O–H groups in total. The summed E-state index contributed by atoms with van der Waals surface area (Å²) in [5, 5.41) is 2.92. The van der Waals surface area contributed by atoms with Crippen molar-refractivity contribution in [2.24, 2.45) is 0 Å². The molecule has 0 spiro atoms. The van der Waals surface area contributed by atoms with Gasteiger partial charge in [0, 0.05) is 30.8 Å². The van der Waals surface area contributed by atoms with Crippen LogP contribution in [0.4, 0.5) is 0 Å². The average Bonchev–Trinajstić information content (AvgIpc) is 2.73. The third-order valence-electron chi connectivity index (χ3n) is 4.88. The predicted octanol–water partition coefficient (Wildman–Crippen LogP) is 3.18. The van der Waals surface area contributed by atoms with Crippen LogP contribution >= 0.6 is 0 Å². The molecule has 1 saturated heterocycles. The van der Waals surface area contributed by atoms with E-state index in [4.69, 9.17) is 4.74 Å². The summed E-state index contributed by atoms with van der Waals surface area (Å²) in [5.41, 5.74) is 2.54. The maximum atomic E-state index is 12.5. The van der Waals surface area contributed by atoms with Crippen molar-refractivity contribution in [3.05, 3.63) is 65.2 Å². The highest BCUT2D eigenvalue weighted by molar-refractivity contribution is 5.94. The van der Waals surface area contributed by atoms with Gasteiger partial charge < -0.3 is 15.0 Å². The Labute approximate surface area is 160 Å². The minimum Gasteiger partial charge on any atom is -0.496 e. The minimum absolute atomic E-state index is 0.0621. The van der Waals surface area contributed by atoms with Crippen LogP contribution in [0.2, 0.25) is 0 Å². The largest absolute Gasteiger partial charge is 0.496 e. The van der Waals surface area contributed by atoms with E-state index < -0.39 is 0 Å². The van der Waals surface area contributed by atoms with Crippen molar-refractivity contribution in [1.29, 1.82) is 0 Å². The van der Waals surface area contributed by atoms with Crippen molar-refractivity contribution in [2.45, 2.75) is 32.2 Å². The zero-order valence-corrected chi connectivity index (χ0v) is 15.7. The van der Waals surface area contributed by atoms with E-state index in [1.807, 2.05) is 53.4 Å². The number of nitrogens with zero attached hydrogens (tertiary/aromatic N) is 1. The third-order valence-corrected chi connectivity index (χ3v) is 4.88. The molecular weight excluding hydrogens is 340 g/mol. The molecule has 2 amide bonds. The van der Waals surface area contributed by atoms with Gasteiger partial charge in [-0.2, -0.15) is 0 Å². The molecule has 2 aromatic rings. The Morgan fingerprint density at radius 3 is 2.41 bits per heavy atom. The minimum atomic E-state index is -0.0621. The summed E-state index contributed by atoms with van der Waals surface area (Å²) >= 11 is 0. The fraction of sp³-hybridized carbons (Fsp3) is 0.364. The Bertz CT molecular complexity index is 780. The van der Waals surface area contributed by atoms with Crippen molar-refractivity contribution >= 4 is 11.8 Å². The topological polar surface area (TPSA) is 58.6 Å². The normalized spacial score (nSPS) is 13.9. The number of hydrogen-bond acceptors (Lipinski definition) is 3. The van der Waals surface area contributed by atoms with Gasteiger partial charge in [0.1, 0.15) is 5.75 Å². The Morgan fingerprint density at radius 1 is 1.00 bits per heavy atom. The first-order chi connectivity index (χ1) is 13.2. The number of likely N-dealkylation sites (tertiary alicyclic amines) is 1. The molecule has 5 nitrogen and oxygen atoms in total. The summed E-state index contributed by atoms with van der Waals surface area (Å²) in [6.07, 6.45) is 3.65. The number of rotatable bonds is 6. The van der Waals surface area contributed by atoms with Crippen LogP contribution in [-0.2, 0) is 17.8 Å². The number of hydrogen-bond donors (Lipinski definition) is 1. The van der Waals surface area contributed by atoms with Gasteiger partial charge in [-0.25, -0.2) is 0 Å². The van der Waals surface area contributed by atoms with Crippen LogP contribution in [0.25, 0.3) is 0 Å². The van der Waals surface area contributed by atoms with Crippen molar-refractivity contribution in [1.82, 2.24) is 10.2 Å². The molecule has 0 radical (unpaired) electrons. The highest BCUT2D eigenvalue weighted by Gasteiger charge is 2.17. The second kappa shape index (κ2) is 9.21. The molecule has 27 heavy (non-hydrogen) atoms. The molecule has 1 heterocycles. The fourth-order valence-corrected chi connectivity index (χ4v) is 3.33. The SMILES string of the molecule is COc1ccccc1CC(=O)NCc1ccc(C(=O)N2CCCCC2)cc1. The molecule has 1 fully saturated rings. The zero-order valence-electron chi connectivity index (χ0n) is 15.7. The number of carbonyl (C=O) groups is 2. The Morgan fingerprint density at radius 2 is 1.70 bits per heavy atom. The van der Waals surface area contributed by atoms with E-state index in [-0.39, 0.29) is 18.2 Å². The number of methoxy groups -OCH3 is 1. The van der Waals surface area contributed by atoms with Gasteiger partial charge in [0.25, 0.3) is 5.91 Å². The van der Waals surface area contributed by atoms with Crippen molar-refractivity contribution in [3.8, 4) is 5.75 Å². The van der Waals surface area contributed by atoms with Gasteiger partial charge in [-0.05, 0) is 43.0 Å². The lowest BCUT2D eigenvalue weighted by molar-refractivity contribution is -0.120. The van der Waals surface area contributed by atoms with Crippen LogP contribution in [0.1, 0.15) is 40.7 Å². The standard InChI is InChI=1S/C22H26N2O3/c1-27-20-8-4-3-7-19(20)15-21(25)23-16-17-9-11-18(12-10-17)22(26)24-13-5-2-6-14-24/h3-4,7-12H,2,5-6,13-16H2,1H3,(H,23,25). The van der Waals surface area contributed by atoms with Crippen LogP contribution in [-0.4, -0.2) is 36.9 Å². The molecule has 1 aliphatic heterocycles. The maximum absolute atomic E-state index is 12.5. The average molecular weight is 366 g/mol. The van der Waals surface area contributed by atoms with Gasteiger partial charge in [-0.15, -0.1) is 0 Å². The number of amides is 2. The Kier molecular flexibility index (Phi) is 6.47. The second-order valence-electron chi connectivity index (χ2n) is 6.82. The lowest BCUT2D eigenvalue weighted by Crippen LogP contribution is -2.35. The second-order valence-corrected chi connectivity index (χ2v) is 6.82. The Balaban J connectivity index is 1.52. The summed E-state index contributed by atoms with van der Waals surface area (Å²) in [6.45, 7) is 2.13. The number of carbonyl (C=O) groups excluding carboxylic acids is 2. The highest BCUT2D eigenvalue weighted by atomic mass is 16.5. The summed E-state index contributed by atoms with van der Waals surface area (Å²) in [5.74, 6) is 0.752. The molecule has 0 atom stereocenters. The quantitative estimate of drug-likeness (QED) is 0.854. The van der Waals surface area contributed by atoms with Crippen molar-refractivity contribution in [3.63, 3.8) is 0 Å². The molecule has 0 bridgehead atoms. The molecule has 0 unspecified atom stereocenters. The van der Waals surface area contributed by atoms with E-state index in [9.17, 15) is 9.59 Å².